The molecule has 0 radical (unpaired) electrons. The third-order valence-electron chi connectivity index (χ3n) is 4.06. The molecule has 148 valence electrons. The number of carboxylic acid groups (broad SMARTS) is 1. The number of rotatable bonds is 7. The van der Waals surface area contributed by atoms with E-state index in [1.807, 2.05) is 54.6 Å². The third kappa shape index (κ3) is 6.91. The first-order chi connectivity index (χ1) is 13.1. The molecular formula is C23H27NO4. The monoisotopic (exact) mass is 381 g/mol. The van der Waals surface area contributed by atoms with E-state index in [2.05, 4.69) is 11.9 Å². The molecule has 0 aromatic heterocycles. The van der Waals surface area contributed by atoms with Crippen LogP contribution in [0.5, 0.6) is 0 Å². The lowest BCUT2D eigenvalue weighted by molar-refractivity contribution is -0.132. The van der Waals surface area contributed by atoms with Crippen molar-refractivity contribution >= 4 is 12.1 Å². The molecule has 0 heterocycles. The molecule has 0 unspecified atom stereocenters. The molecule has 0 aliphatic rings. The van der Waals surface area contributed by atoms with Gasteiger partial charge in [0, 0.05) is 11.6 Å². The van der Waals surface area contributed by atoms with Crippen LogP contribution >= 0.6 is 0 Å². The number of ether oxygens (including phenoxy) is 1. The molecule has 1 atom stereocenters. The van der Waals surface area contributed by atoms with Crippen molar-refractivity contribution < 1.29 is 19.4 Å². The first-order valence-electron chi connectivity index (χ1n) is 9.19. The first-order valence-corrected chi connectivity index (χ1v) is 9.19. The predicted molar refractivity (Wildman–Crippen MR) is 110 cm³/mol. The minimum Gasteiger partial charge on any atom is -0.478 e. The maximum absolute atomic E-state index is 12.1. The Hall–Kier alpha value is -3.08. The number of benzene rings is 2. The van der Waals surface area contributed by atoms with Gasteiger partial charge in [-0.2, -0.15) is 0 Å². The molecule has 2 aromatic rings. The Balaban J connectivity index is 2.11. The van der Waals surface area contributed by atoms with Gasteiger partial charge in [0.1, 0.15) is 5.60 Å². The number of hydrogen-bond donors (Lipinski definition) is 2. The lowest BCUT2D eigenvalue weighted by Crippen LogP contribution is -2.40. The quantitative estimate of drug-likeness (QED) is 0.674. The van der Waals surface area contributed by atoms with E-state index < -0.39 is 23.7 Å². The first kappa shape index (κ1) is 21.2. The van der Waals surface area contributed by atoms with E-state index in [1.54, 1.807) is 20.8 Å². The van der Waals surface area contributed by atoms with Crippen molar-refractivity contribution in [1.82, 2.24) is 5.32 Å². The van der Waals surface area contributed by atoms with Crippen LogP contribution < -0.4 is 5.32 Å². The summed E-state index contributed by atoms with van der Waals surface area (Å²) in [4.78, 5) is 23.3. The van der Waals surface area contributed by atoms with Crippen LogP contribution in [0.1, 0.15) is 32.8 Å². The molecule has 2 N–H and O–H groups in total. The van der Waals surface area contributed by atoms with Gasteiger partial charge >= 0.3 is 12.1 Å². The number of carboxylic acids is 1. The van der Waals surface area contributed by atoms with Gasteiger partial charge in [-0.05, 0) is 50.3 Å². The number of carbonyl (C=O) groups excluding carboxylic acids is 1. The number of carbonyl (C=O) groups is 2. The van der Waals surface area contributed by atoms with Gasteiger partial charge in [0.25, 0.3) is 0 Å². The van der Waals surface area contributed by atoms with E-state index in [-0.39, 0.29) is 12.0 Å². The molecule has 0 bridgehead atoms. The van der Waals surface area contributed by atoms with Crippen molar-refractivity contribution in [3.63, 3.8) is 0 Å². The second-order valence-electron chi connectivity index (χ2n) is 7.72. The second-order valence-corrected chi connectivity index (χ2v) is 7.72. The minimum atomic E-state index is -1.07. The standard InChI is InChI=1S/C23H27NO4/c1-16(21(25)26)14-20(24-22(27)28-23(2,3)4)15-17-10-12-19(13-11-17)18-8-6-5-7-9-18/h5-13,20H,1,14-15H2,2-4H3,(H,24,27)(H,25,26)/t20-/m1/s1. The fraction of sp³-hybridized carbons (Fsp3) is 0.304. The van der Waals surface area contributed by atoms with Crippen molar-refractivity contribution in [3.8, 4) is 11.1 Å². The summed E-state index contributed by atoms with van der Waals surface area (Å²) in [6, 6.07) is 17.6. The van der Waals surface area contributed by atoms with E-state index in [9.17, 15) is 9.59 Å². The molecule has 2 aromatic carbocycles. The van der Waals surface area contributed by atoms with E-state index in [0.717, 1.165) is 16.7 Å². The lowest BCUT2D eigenvalue weighted by Gasteiger charge is -2.24. The van der Waals surface area contributed by atoms with Crippen LogP contribution in [0.3, 0.4) is 0 Å². The molecule has 0 aliphatic carbocycles. The predicted octanol–water partition coefficient (Wildman–Crippen LogP) is 4.82. The van der Waals surface area contributed by atoms with Crippen LogP contribution in [-0.2, 0) is 16.0 Å². The van der Waals surface area contributed by atoms with Gasteiger partial charge in [-0.1, -0.05) is 61.2 Å². The molecule has 2 rings (SSSR count). The number of aliphatic carboxylic acids is 1. The van der Waals surface area contributed by atoms with E-state index in [4.69, 9.17) is 9.84 Å². The molecule has 0 saturated heterocycles. The second kappa shape index (κ2) is 9.22. The summed E-state index contributed by atoms with van der Waals surface area (Å²) in [7, 11) is 0. The van der Waals surface area contributed by atoms with Gasteiger partial charge in [0.2, 0.25) is 0 Å². The zero-order valence-electron chi connectivity index (χ0n) is 16.6. The average molecular weight is 381 g/mol. The highest BCUT2D eigenvalue weighted by molar-refractivity contribution is 5.86. The summed E-state index contributed by atoms with van der Waals surface area (Å²) in [6.45, 7) is 8.91. The van der Waals surface area contributed by atoms with Crippen molar-refractivity contribution in [2.45, 2.75) is 45.3 Å². The number of hydrogen-bond acceptors (Lipinski definition) is 3. The number of nitrogens with one attached hydrogen (secondary N) is 1. The summed E-state index contributed by atoms with van der Waals surface area (Å²) in [5.74, 6) is -1.07. The summed E-state index contributed by atoms with van der Waals surface area (Å²) in [6.07, 6.45) is 0.0342. The zero-order valence-corrected chi connectivity index (χ0v) is 16.6. The van der Waals surface area contributed by atoms with Crippen LogP contribution in [0.4, 0.5) is 4.79 Å². The highest BCUT2D eigenvalue weighted by Gasteiger charge is 2.21. The number of amides is 1. The zero-order chi connectivity index (χ0) is 20.7. The third-order valence-corrected chi connectivity index (χ3v) is 4.06. The highest BCUT2D eigenvalue weighted by Crippen LogP contribution is 2.20. The minimum absolute atomic E-state index is 0.0435. The average Bonchev–Trinajstić information content (AvgIpc) is 2.61. The van der Waals surface area contributed by atoms with Gasteiger partial charge in [0.15, 0.2) is 0 Å². The van der Waals surface area contributed by atoms with Gasteiger partial charge in [-0.25, -0.2) is 9.59 Å². The molecule has 0 aliphatic heterocycles. The maximum Gasteiger partial charge on any atom is 0.407 e. The van der Waals surface area contributed by atoms with Gasteiger partial charge in [-0.3, -0.25) is 0 Å². The van der Waals surface area contributed by atoms with Crippen molar-refractivity contribution in [2.75, 3.05) is 0 Å². The molecule has 0 fully saturated rings. The molecule has 0 saturated carbocycles. The maximum atomic E-state index is 12.1. The van der Waals surface area contributed by atoms with Crippen molar-refractivity contribution in [1.29, 1.82) is 0 Å². The summed E-state index contributed by atoms with van der Waals surface area (Å²) >= 11 is 0. The largest absolute Gasteiger partial charge is 0.478 e. The highest BCUT2D eigenvalue weighted by atomic mass is 16.6. The molecule has 28 heavy (non-hydrogen) atoms. The topological polar surface area (TPSA) is 75.6 Å². The fourth-order valence-corrected chi connectivity index (χ4v) is 2.78. The summed E-state index contributed by atoms with van der Waals surface area (Å²) in [5.41, 5.74) is 2.61. The Bertz CT molecular complexity index is 820. The molecule has 1 amide bonds. The summed E-state index contributed by atoms with van der Waals surface area (Å²) in [5, 5.41) is 11.9. The van der Waals surface area contributed by atoms with Gasteiger partial charge in [-0.15, -0.1) is 0 Å². The van der Waals surface area contributed by atoms with E-state index in [0.29, 0.717) is 6.42 Å². The Morgan fingerprint density at radius 2 is 1.61 bits per heavy atom. The normalized spacial score (nSPS) is 12.1. The smallest absolute Gasteiger partial charge is 0.407 e. The Labute approximate surface area is 166 Å². The van der Waals surface area contributed by atoms with Crippen LogP contribution in [0.25, 0.3) is 11.1 Å². The Morgan fingerprint density at radius 3 is 2.14 bits per heavy atom. The Kier molecular flexibility index (Phi) is 6.99. The van der Waals surface area contributed by atoms with Crippen LogP contribution in [0.2, 0.25) is 0 Å². The lowest BCUT2D eigenvalue weighted by atomic mass is 9.97. The SMILES string of the molecule is C=C(C[C@H](Cc1ccc(-c2ccccc2)cc1)NC(=O)OC(C)(C)C)C(=O)O. The van der Waals surface area contributed by atoms with Crippen molar-refractivity contribution in [3.05, 3.63) is 72.3 Å². The van der Waals surface area contributed by atoms with Gasteiger partial charge < -0.3 is 15.2 Å². The molecule has 0 spiro atoms. The summed E-state index contributed by atoms with van der Waals surface area (Å²) < 4.78 is 5.30. The molecule has 5 nitrogen and oxygen atoms in total. The van der Waals surface area contributed by atoms with E-state index >= 15 is 0 Å². The molecular weight excluding hydrogens is 354 g/mol. The van der Waals surface area contributed by atoms with Crippen LogP contribution in [0.15, 0.2) is 66.7 Å². The Morgan fingerprint density at radius 1 is 1.04 bits per heavy atom. The van der Waals surface area contributed by atoms with E-state index in [1.165, 1.54) is 0 Å². The molecule has 5 heteroatoms. The van der Waals surface area contributed by atoms with Gasteiger partial charge in [0.05, 0.1) is 0 Å². The fourth-order valence-electron chi connectivity index (χ4n) is 2.78. The van der Waals surface area contributed by atoms with Crippen molar-refractivity contribution in [2.24, 2.45) is 0 Å². The van der Waals surface area contributed by atoms with Crippen LogP contribution in [-0.4, -0.2) is 28.8 Å². The van der Waals surface area contributed by atoms with Crippen LogP contribution in [0, 0.1) is 0 Å². The number of alkyl carbamates (subject to hydrolysis) is 1.